The van der Waals surface area contributed by atoms with Crippen molar-refractivity contribution in [2.75, 3.05) is 6.54 Å². The second kappa shape index (κ2) is 7.33. The molecule has 152 valence electrons. The summed E-state index contributed by atoms with van der Waals surface area (Å²) in [5.41, 5.74) is 2.76. The molecule has 2 aromatic rings. The third-order valence-electron chi connectivity index (χ3n) is 6.77. The van der Waals surface area contributed by atoms with E-state index in [0.29, 0.717) is 30.7 Å². The maximum Gasteiger partial charge on any atom is 0.185 e. The SMILES string of the molecule is O=S(=O)(c1cccc(F)c1)C1CCC=Nc2c(C3CCC4CC3CN4)cccc21. The third kappa shape index (κ3) is 3.32. The molecular weight excluding hydrogens is 387 g/mol. The van der Waals surface area contributed by atoms with E-state index in [1.54, 1.807) is 0 Å². The minimum Gasteiger partial charge on any atom is -0.314 e. The van der Waals surface area contributed by atoms with Crippen molar-refractivity contribution in [2.24, 2.45) is 10.9 Å². The summed E-state index contributed by atoms with van der Waals surface area (Å²) in [4.78, 5) is 4.78. The molecule has 2 bridgehead atoms. The number of sulfone groups is 1. The molecular formula is C23H25FN2O2S. The number of nitrogens with zero attached hydrogens (tertiary/aromatic N) is 1. The Hall–Kier alpha value is -2.05. The summed E-state index contributed by atoms with van der Waals surface area (Å²) in [6.07, 6.45) is 6.34. The monoisotopic (exact) mass is 412 g/mol. The fraction of sp³-hybridized carbons (Fsp3) is 0.435. The van der Waals surface area contributed by atoms with Crippen LogP contribution in [0.5, 0.6) is 0 Å². The molecule has 5 rings (SSSR count). The largest absolute Gasteiger partial charge is 0.314 e. The van der Waals surface area contributed by atoms with E-state index >= 15 is 0 Å². The van der Waals surface area contributed by atoms with Gasteiger partial charge in [0.25, 0.3) is 0 Å². The smallest absolute Gasteiger partial charge is 0.185 e. The van der Waals surface area contributed by atoms with Gasteiger partial charge in [0.2, 0.25) is 0 Å². The van der Waals surface area contributed by atoms with Crippen LogP contribution in [0.1, 0.15) is 54.4 Å². The van der Waals surface area contributed by atoms with Crippen molar-refractivity contribution in [3.8, 4) is 0 Å². The predicted molar refractivity (Wildman–Crippen MR) is 112 cm³/mol. The molecule has 1 aliphatic carbocycles. The lowest BCUT2D eigenvalue weighted by atomic mass is 9.75. The van der Waals surface area contributed by atoms with E-state index in [4.69, 9.17) is 4.99 Å². The van der Waals surface area contributed by atoms with Gasteiger partial charge in [0, 0.05) is 12.3 Å². The number of halogens is 1. The Morgan fingerprint density at radius 3 is 2.72 bits per heavy atom. The maximum atomic E-state index is 13.7. The number of hydrogen-bond acceptors (Lipinski definition) is 4. The van der Waals surface area contributed by atoms with Crippen LogP contribution in [-0.4, -0.2) is 27.2 Å². The Kier molecular flexibility index (Phi) is 4.79. The molecule has 1 N–H and O–H groups in total. The highest BCUT2D eigenvalue weighted by Gasteiger charge is 2.39. The van der Waals surface area contributed by atoms with Crippen LogP contribution in [0.2, 0.25) is 0 Å². The van der Waals surface area contributed by atoms with Crippen LogP contribution < -0.4 is 5.32 Å². The first-order valence-corrected chi connectivity index (χ1v) is 12.0. The molecule has 4 atom stereocenters. The van der Waals surface area contributed by atoms with E-state index in [1.165, 1.54) is 30.2 Å². The van der Waals surface area contributed by atoms with Crippen LogP contribution >= 0.6 is 0 Å². The number of fused-ring (bicyclic) bond motifs is 3. The van der Waals surface area contributed by atoms with Crippen LogP contribution in [0.15, 0.2) is 52.4 Å². The van der Waals surface area contributed by atoms with Crippen molar-refractivity contribution < 1.29 is 12.8 Å². The van der Waals surface area contributed by atoms with Crippen LogP contribution in [0.25, 0.3) is 0 Å². The van der Waals surface area contributed by atoms with Crippen LogP contribution in [0, 0.1) is 11.7 Å². The minimum atomic E-state index is -3.71. The molecule has 29 heavy (non-hydrogen) atoms. The highest BCUT2D eigenvalue weighted by atomic mass is 32.2. The molecule has 2 aromatic carbocycles. The summed E-state index contributed by atoms with van der Waals surface area (Å²) >= 11 is 0. The molecule has 2 aliphatic heterocycles. The second-order valence-electron chi connectivity index (χ2n) is 8.45. The van der Waals surface area contributed by atoms with Crippen molar-refractivity contribution in [3.05, 3.63) is 59.4 Å². The van der Waals surface area contributed by atoms with Gasteiger partial charge in [-0.3, -0.25) is 4.99 Å². The number of nitrogens with one attached hydrogen (secondary N) is 1. The van der Waals surface area contributed by atoms with Crippen molar-refractivity contribution in [2.45, 2.75) is 54.2 Å². The average Bonchev–Trinajstić information content (AvgIpc) is 2.95. The lowest BCUT2D eigenvalue weighted by molar-refractivity contribution is 0.356. The van der Waals surface area contributed by atoms with Crippen LogP contribution in [-0.2, 0) is 9.84 Å². The Labute approximate surface area is 171 Å². The molecule has 2 heterocycles. The highest BCUT2D eigenvalue weighted by Crippen LogP contribution is 2.48. The topological polar surface area (TPSA) is 58.5 Å². The fourth-order valence-electron chi connectivity index (χ4n) is 5.36. The summed E-state index contributed by atoms with van der Waals surface area (Å²) in [7, 11) is -3.71. The number of rotatable bonds is 3. The summed E-state index contributed by atoms with van der Waals surface area (Å²) < 4.78 is 40.6. The molecule has 6 heteroatoms. The predicted octanol–water partition coefficient (Wildman–Crippen LogP) is 4.69. The van der Waals surface area contributed by atoms with E-state index in [0.717, 1.165) is 36.7 Å². The molecule has 0 radical (unpaired) electrons. The van der Waals surface area contributed by atoms with Crippen LogP contribution in [0.4, 0.5) is 10.1 Å². The van der Waals surface area contributed by atoms with Gasteiger partial charge in [-0.15, -0.1) is 0 Å². The third-order valence-corrected chi connectivity index (χ3v) is 8.92. The lowest BCUT2D eigenvalue weighted by Crippen LogP contribution is -2.22. The van der Waals surface area contributed by atoms with Gasteiger partial charge in [-0.2, -0.15) is 0 Å². The van der Waals surface area contributed by atoms with Gasteiger partial charge in [0.15, 0.2) is 9.84 Å². The fourth-order valence-corrected chi connectivity index (χ4v) is 7.20. The first kappa shape index (κ1) is 18.9. The summed E-state index contributed by atoms with van der Waals surface area (Å²) in [6, 6.07) is 11.9. The van der Waals surface area contributed by atoms with Gasteiger partial charge >= 0.3 is 0 Å². The van der Waals surface area contributed by atoms with E-state index in [9.17, 15) is 12.8 Å². The van der Waals surface area contributed by atoms with Gasteiger partial charge in [-0.05, 0) is 79.8 Å². The zero-order valence-corrected chi connectivity index (χ0v) is 17.0. The van der Waals surface area contributed by atoms with Gasteiger partial charge < -0.3 is 5.32 Å². The number of aliphatic imine (C=N–C) groups is 1. The molecule has 1 saturated heterocycles. The molecule has 0 amide bonds. The summed E-state index contributed by atoms with van der Waals surface area (Å²) in [6.45, 7) is 1.02. The molecule has 2 fully saturated rings. The number of para-hydroxylation sites is 1. The van der Waals surface area contributed by atoms with E-state index in [1.807, 2.05) is 18.3 Å². The molecule has 3 aliphatic rings. The Morgan fingerprint density at radius 1 is 1.03 bits per heavy atom. The van der Waals surface area contributed by atoms with Crippen molar-refractivity contribution in [1.82, 2.24) is 5.32 Å². The van der Waals surface area contributed by atoms with Crippen molar-refractivity contribution in [1.29, 1.82) is 0 Å². The number of benzene rings is 2. The highest BCUT2D eigenvalue weighted by molar-refractivity contribution is 7.91. The Bertz CT molecular complexity index is 1070. The molecule has 0 spiro atoms. The zero-order valence-electron chi connectivity index (χ0n) is 16.2. The molecule has 4 nitrogen and oxygen atoms in total. The summed E-state index contributed by atoms with van der Waals surface area (Å²) in [5, 5.41) is 2.89. The molecule has 4 unspecified atom stereocenters. The quantitative estimate of drug-likeness (QED) is 0.795. The first-order chi connectivity index (χ1) is 14.0. The zero-order chi connectivity index (χ0) is 20.0. The van der Waals surface area contributed by atoms with E-state index in [2.05, 4.69) is 11.4 Å². The normalized spacial score (nSPS) is 28.7. The Balaban J connectivity index is 1.59. The maximum absolute atomic E-state index is 13.7. The number of hydrogen-bond donors (Lipinski definition) is 1. The van der Waals surface area contributed by atoms with Gasteiger partial charge in [-0.25, -0.2) is 12.8 Å². The molecule has 1 saturated carbocycles. The second-order valence-corrected chi connectivity index (χ2v) is 10.6. The van der Waals surface area contributed by atoms with Gasteiger partial charge in [-0.1, -0.05) is 24.3 Å². The minimum absolute atomic E-state index is 0.0428. The lowest BCUT2D eigenvalue weighted by Gasteiger charge is -2.30. The van der Waals surface area contributed by atoms with E-state index in [-0.39, 0.29) is 4.90 Å². The van der Waals surface area contributed by atoms with E-state index < -0.39 is 20.9 Å². The van der Waals surface area contributed by atoms with Crippen molar-refractivity contribution >= 4 is 21.7 Å². The van der Waals surface area contributed by atoms with Crippen molar-refractivity contribution in [3.63, 3.8) is 0 Å². The van der Waals surface area contributed by atoms with Gasteiger partial charge in [0.1, 0.15) is 5.82 Å². The summed E-state index contributed by atoms with van der Waals surface area (Å²) in [5.74, 6) is 0.455. The average molecular weight is 413 g/mol. The first-order valence-electron chi connectivity index (χ1n) is 10.4. The van der Waals surface area contributed by atoms with Gasteiger partial charge in [0.05, 0.1) is 15.8 Å². The Morgan fingerprint density at radius 2 is 1.86 bits per heavy atom. The standard InChI is InChI=1S/C23H25FN2O2S/c24-16-4-1-5-18(13-16)29(27,28)22-8-3-11-25-23-20(6-2-7-21(22)23)19-10-9-17-12-15(19)14-26-17/h1-2,4-7,11,13,15,17,19,22,26H,3,8-10,12,14H2. The van der Waals surface area contributed by atoms with Crippen LogP contribution in [0.3, 0.4) is 0 Å². The molecule has 0 aromatic heterocycles.